The summed E-state index contributed by atoms with van der Waals surface area (Å²) in [6, 6.07) is 1.76. The highest BCUT2D eigenvalue weighted by atomic mass is 32.2. The van der Waals surface area contributed by atoms with E-state index in [2.05, 4.69) is 0 Å². The van der Waals surface area contributed by atoms with Crippen molar-refractivity contribution in [3.63, 3.8) is 0 Å². The van der Waals surface area contributed by atoms with Crippen LogP contribution in [0.2, 0.25) is 0 Å². The summed E-state index contributed by atoms with van der Waals surface area (Å²) in [5.74, 6) is -2.16. The van der Waals surface area contributed by atoms with Crippen molar-refractivity contribution < 1.29 is 32.4 Å². The van der Waals surface area contributed by atoms with Crippen molar-refractivity contribution in [2.45, 2.75) is 6.92 Å². The minimum absolute atomic E-state index is 0.0594. The third-order valence-corrected chi connectivity index (χ3v) is 6.78. The van der Waals surface area contributed by atoms with Crippen LogP contribution in [0.4, 0.5) is 5.69 Å². The summed E-state index contributed by atoms with van der Waals surface area (Å²) in [6.45, 7) is 1.05. The third-order valence-electron chi connectivity index (χ3n) is 3.94. The highest BCUT2D eigenvalue weighted by Crippen LogP contribution is 2.43. The van der Waals surface area contributed by atoms with Gasteiger partial charge in [-0.25, -0.2) is 8.42 Å². The summed E-state index contributed by atoms with van der Waals surface area (Å²) in [6.07, 6.45) is 4.80. The van der Waals surface area contributed by atoms with Gasteiger partial charge in [-0.1, -0.05) is 30.1 Å². The van der Waals surface area contributed by atoms with E-state index in [9.17, 15) is 27.7 Å². The summed E-state index contributed by atoms with van der Waals surface area (Å²) >= 11 is 7.35. The Morgan fingerprint density at radius 1 is 1.37 bits per heavy atom. The maximum Gasteiger partial charge on any atom is 0.266 e. The number of anilines is 1. The Morgan fingerprint density at radius 2 is 2.10 bits per heavy atom. The number of amides is 1. The number of thioether (sulfide) groups is 1. The Balaban J connectivity index is 1.78. The Morgan fingerprint density at radius 3 is 2.77 bits per heavy atom. The van der Waals surface area contributed by atoms with Gasteiger partial charge in [-0.05, 0) is 36.1 Å². The first kappa shape index (κ1) is 22.5. The zero-order chi connectivity index (χ0) is 22.1. The monoisotopic (exact) mass is 486 g/mol. The fraction of sp³-hybridized carbons (Fsp3) is 0.235. The second-order valence-corrected chi connectivity index (χ2v) is 10.2. The fourth-order valence-electron chi connectivity index (χ4n) is 2.61. The van der Waals surface area contributed by atoms with E-state index in [0.29, 0.717) is 22.2 Å². The van der Waals surface area contributed by atoms with E-state index < -0.39 is 34.3 Å². The van der Waals surface area contributed by atoms with Gasteiger partial charge in [0.25, 0.3) is 5.91 Å². The SMILES string of the molecule is CC(=CC=C1Oc2sccc2N1CCS(=O)(=O)[O-])C=C1SC(=S)N(CC(=O)[O-])C1=O. The van der Waals surface area contributed by atoms with Crippen molar-refractivity contribution in [2.75, 3.05) is 23.7 Å². The van der Waals surface area contributed by atoms with Gasteiger partial charge in [0.1, 0.15) is 4.32 Å². The molecule has 2 aliphatic rings. The Kier molecular flexibility index (Phi) is 6.67. The fourth-order valence-corrected chi connectivity index (χ4v) is 5.08. The number of hydrogen-bond acceptors (Lipinski definition) is 11. The van der Waals surface area contributed by atoms with Gasteiger partial charge in [0.05, 0.1) is 39.0 Å². The Bertz CT molecular complexity index is 1100. The average Bonchev–Trinajstić information content (AvgIpc) is 3.27. The first-order valence-electron chi connectivity index (χ1n) is 8.35. The molecule has 30 heavy (non-hydrogen) atoms. The highest BCUT2D eigenvalue weighted by molar-refractivity contribution is 8.26. The van der Waals surface area contributed by atoms with Crippen LogP contribution in [0.1, 0.15) is 6.92 Å². The molecular formula is C17H14N2O7S4-2. The first-order chi connectivity index (χ1) is 14.0. The van der Waals surface area contributed by atoms with Crippen LogP contribution in [-0.2, 0) is 19.7 Å². The van der Waals surface area contributed by atoms with Crippen molar-refractivity contribution >= 4 is 67.3 Å². The molecule has 0 radical (unpaired) electrons. The molecule has 0 saturated carbocycles. The van der Waals surface area contributed by atoms with E-state index >= 15 is 0 Å². The second kappa shape index (κ2) is 8.89. The van der Waals surface area contributed by atoms with E-state index in [-0.39, 0.29) is 15.8 Å². The summed E-state index contributed by atoms with van der Waals surface area (Å²) in [5.41, 5.74) is 1.32. The zero-order valence-electron chi connectivity index (χ0n) is 15.4. The van der Waals surface area contributed by atoms with E-state index in [4.69, 9.17) is 17.0 Å². The molecule has 1 fully saturated rings. The molecule has 0 aliphatic carbocycles. The van der Waals surface area contributed by atoms with Crippen molar-refractivity contribution in [1.82, 2.24) is 4.90 Å². The van der Waals surface area contributed by atoms with Gasteiger partial charge in [0, 0.05) is 6.54 Å². The molecule has 9 nitrogen and oxygen atoms in total. The maximum atomic E-state index is 12.3. The van der Waals surface area contributed by atoms with Crippen LogP contribution in [0.25, 0.3) is 0 Å². The van der Waals surface area contributed by atoms with Crippen molar-refractivity contribution in [1.29, 1.82) is 0 Å². The molecule has 3 rings (SSSR count). The number of thiophene rings is 1. The second-order valence-electron chi connectivity index (χ2n) is 6.16. The van der Waals surface area contributed by atoms with Crippen LogP contribution in [0, 0.1) is 0 Å². The normalized spacial score (nSPS) is 19.7. The van der Waals surface area contributed by atoms with Gasteiger partial charge in [-0.2, -0.15) is 0 Å². The van der Waals surface area contributed by atoms with Gasteiger partial charge in [0.2, 0.25) is 10.9 Å². The zero-order valence-corrected chi connectivity index (χ0v) is 18.7. The largest absolute Gasteiger partial charge is 0.748 e. The van der Waals surface area contributed by atoms with Crippen molar-refractivity contribution in [3.05, 3.63) is 46.0 Å². The topological polar surface area (TPSA) is 130 Å². The number of nitrogens with zero attached hydrogens (tertiary/aromatic N) is 2. The smallest absolute Gasteiger partial charge is 0.266 e. The molecule has 3 heterocycles. The number of carbonyl (C=O) groups is 2. The molecular weight excluding hydrogens is 472 g/mol. The first-order valence-corrected chi connectivity index (χ1v) is 12.0. The molecule has 0 atom stereocenters. The molecule has 2 aliphatic heterocycles. The van der Waals surface area contributed by atoms with Gasteiger partial charge in [-0.3, -0.25) is 9.69 Å². The number of ether oxygens (including phenoxy) is 1. The van der Waals surface area contributed by atoms with Crippen LogP contribution < -0.4 is 14.7 Å². The summed E-state index contributed by atoms with van der Waals surface area (Å²) in [5, 5.41) is 13.1. The van der Waals surface area contributed by atoms with Crippen molar-refractivity contribution in [2.24, 2.45) is 0 Å². The average molecular weight is 487 g/mol. The molecule has 0 spiro atoms. The lowest BCUT2D eigenvalue weighted by Crippen LogP contribution is -2.40. The lowest BCUT2D eigenvalue weighted by Gasteiger charge is -2.18. The molecule has 0 bridgehead atoms. The van der Waals surface area contributed by atoms with Crippen LogP contribution in [0.15, 0.2) is 46.0 Å². The number of aliphatic carboxylic acids is 1. The number of carbonyl (C=O) groups excluding carboxylic acids is 2. The summed E-state index contributed by atoms with van der Waals surface area (Å²) in [7, 11) is -4.39. The summed E-state index contributed by atoms with van der Waals surface area (Å²) in [4.78, 5) is 25.9. The summed E-state index contributed by atoms with van der Waals surface area (Å²) < 4.78 is 38.9. The predicted molar refractivity (Wildman–Crippen MR) is 114 cm³/mol. The van der Waals surface area contributed by atoms with Gasteiger partial charge in [-0.15, -0.1) is 11.3 Å². The van der Waals surface area contributed by atoms with Crippen molar-refractivity contribution in [3.8, 4) is 5.06 Å². The Labute approximate surface area is 186 Å². The maximum absolute atomic E-state index is 12.3. The molecule has 13 heteroatoms. The number of fused-ring (bicyclic) bond motifs is 1. The third kappa shape index (κ3) is 5.29. The quantitative estimate of drug-likeness (QED) is 0.309. The van der Waals surface area contributed by atoms with Gasteiger partial charge >= 0.3 is 0 Å². The number of hydrogen-bond donors (Lipinski definition) is 0. The van der Waals surface area contributed by atoms with Crippen LogP contribution in [0.3, 0.4) is 0 Å². The molecule has 1 aromatic rings. The van der Waals surface area contributed by atoms with E-state index in [1.54, 1.807) is 41.5 Å². The molecule has 1 aromatic heterocycles. The van der Waals surface area contributed by atoms with E-state index in [1.807, 2.05) is 0 Å². The number of carboxylic acid groups (broad SMARTS) is 1. The highest BCUT2D eigenvalue weighted by Gasteiger charge is 2.32. The number of rotatable bonds is 7. The van der Waals surface area contributed by atoms with Gasteiger partial charge < -0.3 is 24.1 Å². The van der Waals surface area contributed by atoms with Crippen LogP contribution in [-0.4, -0.2) is 52.9 Å². The minimum atomic E-state index is -4.39. The Hall–Kier alpha value is -2.19. The van der Waals surface area contributed by atoms with E-state index in [0.717, 1.165) is 16.7 Å². The molecule has 0 unspecified atom stereocenters. The lowest BCUT2D eigenvalue weighted by molar-refractivity contribution is -0.305. The standard InChI is InChI=1S/C17H16N2O7S4/c1-10(8-12-15(22)19(9-14(20)21)17(27)29-12)2-3-13-18(5-7-30(23,24)25)11-4-6-28-16(11)26-13/h2-4,6,8H,5,7,9H2,1H3,(H,20,21)(H,23,24,25)/p-2. The van der Waals surface area contributed by atoms with Crippen LogP contribution in [0.5, 0.6) is 5.06 Å². The molecule has 1 saturated heterocycles. The number of thiocarbonyl (C=S) groups is 1. The molecule has 0 N–H and O–H groups in total. The number of allylic oxidation sites excluding steroid dienone is 4. The van der Waals surface area contributed by atoms with E-state index in [1.165, 1.54) is 11.3 Å². The number of carboxylic acids is 1. The lowest BCUT2D eigenvalue weighted by atomic mass is 10.2. The predicted octanol–water partition coefficient (Wildman–Crippen LogP) is 0.774. The molecule has 1 amide bonds. The van der Waals surface area contributed by atoms with Gasteiger partial charge in [0.15, 0.2) is 0 Å². The minimum Gasteiger partial charge on any atom is -0.748 e. The molecule has 160 valence electrons. The van der Waals surface area contributed by atoms with Crippen LogP contribution >= 0.6 is 35.3 Å². The molecule has 0 aromatic carbocycles.